The van der Waals surface area contributed by atoms with Gasteiger partial charge in [-0.05, 0) is 60.9 Å². The molecule has 0 radical (unpaired) electrons. The second-order valence-electron chi connectivity index (χ2n) is 10.8. The molecule has 3 aromatic rings. The lowest BCUT2D eigenvalue weighted by Crippen LogP contribution is -2.51. The molecule has 0 saturated heterocycles. The summed E-state index contributed by atoms with van der Waals surface area (Å²) in [6, 6.07) is 22.1. The van der Waals surface area contributed by atoms with Crippen LogP contribution >= 0.6 is 0 Å². The molecule has 1 unspecified atom stereocenters. The van der Waals surface area contributed by atoms with E-state index in [1.54, 1.807) is 24.3 Å². The quantitative estimate of drug-likeness (QED) is 0.0868. The van der Waals surface area contributed by atoms with E-state index in [-0.39, 0.29) is 17.6 Å². The molecule has 0 N–H and O–H groups in total. The van der Waals surface area contributed by atoms with E-state index in [0.29, 0.717) is 35.6 Å². The van der Waals surface area contributed by atoms with Crippen LogP contribution < -0.4 is 9.47 Å². The van der Waals surface area contributed by atoms with E-state index in [1.807, 2.05) is 51.5 Å². The SMILES string of the molecule is C[N+](C)(C)C(Cc1ccccc1)C(=O)OCCCCCCCCOc1ccc(OC(=O)c2cccc(F)c2)cc1. The molecule has 1 atom stereocenters. The summed E-state index contributed by atoms with van der Waals surface area (Å²) < 4.78 is 30.5. The zero-order valence-corrected chi connectivity index (χ0v) is 23.8. The second kappa shape index (κ2) is 15.8. The number of rotatable bonds is 16. The number of hydrogen-bond donors (Lipinski definition) is 0. The molecule has 0 aromatic heterocycles. The zero-order chi connectivity index (χ0) is 28.8. The third-order valence-corrected chi connectivity index (χ3v) is 6.63. The van der Waals surface area contributed by atoms with Crippen LogP contribution in [0.5, 0.6) is 11.5 Å². The molecule has 0 heterocycles. The topological polar surface area (TPSA) is 61.8 Å². The van der Waals surface area contributed by atoms with Gasteiger partial charge in [0.05, 0.1) is 39.9 Å². The fourth-order valence-electron chi connectivity index (χ4n) is 4.27. The van der Waals surface area contributed by atoms with Crippen LogP contribution in [0.25, 0.3) is 0 Å². The van der Waals surface area contributed by atoms with Crippen molar-refractivity contribution < 1.29 is 32.7 Å². The van der Waals surface area contributed by atoms with Crippen LogP contribution in [0.15, 0.2) is 78.9 Å². The number of quaternary nitrogens is 1. The van der Waals surface area contributed by atoms with Gasteiger partial charge in [0.1, 0.15) is 17.3 Å². The highest BCUT2D eigenvalue weighted by Gasteiger charge is 2.33. The number of nitrogens with zero attached hydrogens (tertiary/aromatic N) is 1. The molecule has 0 aliphatic heterocycles. The highest BCUT2D eigenvalue weighted by Crippen LogP contribution is 2.20. The van der Waals surface area contributed by atoms with E-state index in [1.165, 1.54) is 18.2 Å². The summed E-state index contributed by atoms with van der Waals surface area (Å²) in [5, 5.41) is 0. The number of likely N-dealkylation sites (N-methyl/N-ethyl adjacent to an activating group) is 1. The number of benzene rings is 3. The maximum Gasteiger partial charge on any atom is 0.365 e. The van der Waals surface area contributed by atoms with E-state index in [9.17, 15) is 14.0 Å². The van der Waals surface area contributed by atoms with Crippen molar-refractivity contribution in [2.24, 2.45) is 0 Å². The first kappa shape index (κ1) is 30.8. The van der Waals surface area contributed by atoms with E-state index < -0.39 is 11.8 Å². The van der Waals surface area contributed by atoms with Gasteiger partial charge in [-0.25, -0.2) is 14.0 Å². The number of unbranched alkanes of at least 4 members (excludes halogenated alkanes) is 5. The molecule has 0 saturated carbocycles. The van der Waals surface area contributed by atoms with Gasteiger partial charge in [0.15, 0.2) is 6.04 Å². The second-order valence-corrected chi connectivity index (χ2v) is 10.8. The molecule has 0 aliphatic rings. The lowest BCUT2D eigenvalue weighted by molar-refractivity contribution is -0.887. The van der Waals surface area contributed by atoms with Crippen molar-refractivity contribution in [2.75, 3.05) is 34.4 Å². The third-order valence-electron chi connectivity index (χ3n) is 6.63. The number of hydrogen-bond acceptors (Lipinski definition) is 5. The molecule has 6 nitrogen and oxygen atoms in total. The van der Waals surface area contributed by atoms with Crippen molar-refractivity contribution in [3.8, 4) is 11.5 Å². The first-order valence-electron chi connectivity index (χ1n) is 13.9. The van der Waals surface area contributed by atoms with Gasteiger partial charge < -0.3 is 18.7 Å². The summed E-state index contributed by atoms with van der Waals surface area (Å²) >= 11 is 0. The van der Waals surface area contributed by atoms with Gasteiger partial charge >= 0.3 is 11.9 Å². The summed E-state index contributed by atoms with van der Waals surface area (Å²) in [6.07, 6.45) is 6.75. The van der Waals surface area contributed by atoms with Crippen molar-refractivity contribution in [3.05, 3.63) is 95.8 Å². The van der Waals surface area contributed by atoms with Gasteiger partial charge in [-0.15, -0.1) is 0 Å². The minimum Gasteiger partial charge on any atom is -0.494 e. The van der Waals surface area contributed by atoms with Crippen LogP contribution in [0.4, 0.5) is 4.39 Å². The Hall–Kier alpha value is -3.71. The monoisotopic (exact) mass is 550 g/mol. The molecule has 0 spiro atoms. The van der Waals surface area contributed by atoms with E-state index in [2.05, 4.69) is 0 Å². The minimum atomic E-state index is -0.609. The molecular formula is C33H41FNO5+. The van der Waals surface area contributed by atoms with Crippen molar-refractivity contribution in [3.63, 3.8) is 0 Å². The van der Waals surface area contributed by atoms with E-state index >= 15 is 0 Å². The van der Waals surface area contributed by atoms with Gasteiger partial charge in [-0.1, -0.05) is 62.1 Å². The Balaban J connectivity index is 1.23. The summed E-state index contributed by atoms with van der Waals surface area (Å²) in [5.41, 5.74) is 1.30. The fraction of sp³-hybridized carbons (Fsp3) is 0.394. The Labute approximate surface area is 237 Å². The van der Waals surface area contributed by atoms with Crippen LogP contribution in [0.3, 0.4) is 0 Å². The molecule has 3 aromatic carbocycles. The van der Waals surface area contributed by atoms with Crippen LogP contribution in [0, 0.1) is 5.82 Å². The summed E-state index contributed by atoms with van der Waals surface area (Å²) in [6.45, 7) is 1.06. The van der Waals surface area contributed by atoms with Gasteiger partial charge in [0.25, 0.3) is 0 Å². The summed E-state index contributed by atoms with van der Waals surface area (Å²) in [7, 11) is 6.09. The van der Waals surface area contributed by atoms with Crippen LogP contribution in [-0.2, 0) is 16.0 Å². The molecule has 40 heavy (non-hydrogen) atoms. The zero-order valence-electron chi connectivity index (χ0n) is 23.8. The molecule has 0 fully saturated rings. The van der Waals surface area contributed by atoms with Crippen LogP contribution in [-0.4, -0.2) is 56.8 Å². The Morgan fingerprint density at radius 1 is 0.750 bits per heavy atom. The summed E-state index contributed by atoms with van der Waals surface area (Å²) in [5.74, 6) is -0.153. The van der Waals surface area contributed by atoms with Crippen LogP contribution in [0.2, 0.25) is 0 Å². The Morgan fingerprint density at radius 3 is 2.02 bits per heavy atom. The number of carbonyl (C=O) groups excluding carboxylic acids is 2. The highest BCUT2D eigenvalue weighted by atomic mass is 19.1. The summed E-state index contributed by atoms with van der Waals surface area (Å²) in [4.78, 5) is 24.9. The molecule has 3 rings (SSSR count). The van der Waals surface area contributed by atoms with Crippen LogP contribution in [0.1, 0.15) is 54.4 Å². The minimum absolute atomic E-state index is 0.133. The average Bonchev–Trinajstić information content (AvgIpc) is 2.93. The Morgan fingerprint density at radius 2 is 1.38 bits per heavy atom. The third kappa shape index (κ3) is 10.8. The van der Waals surface area contributed by atoms with Gasteiger partial charge in [0.2, 0.25) is 0 Å². The number of carbonyl (C=O) groups is 2. The first-order chi connectivity index (χ1) is 19.2. The normalized spacial score (nSPS) is 12.0. The number of halogens is 1. The van der Waals surface area contributed by atoms with Crippen molar-refractivity contribution >= 4 is 11.9 Å². The standard InChI is InChI=1S/C33H41FNO5/c1-35(2,3)31(24-26-14-9-8-10-15-26)33(37)39-23-12-7-5-4-6-11-22-38-29-18-20-30(21-19-29)40-32(36)27-16-13-17-28(34)25-27/h8-10,13-21,25,31H,4-7,11-12,22-24H2,1-3H3/q+1. The van der Waals surface area contributed by atoms with Crippen molar-refractivity contribution in [1.29, 1.82) is 0 Å². The smallest absolute Gasteiger partial charge is 0.365 e. The predicted molar refractivity (Wildman–Crippen MR) is 154 cm³/mol. The molecule has 0 aliphatic carbocycles. The largest absolute Gasteiger partial charge is 0.494 e. The van der Waals surface area contributed by atoms with Crippen molar-refractivity contribution in [1.82, 2.24) is 0 Å². The fourth-order valence-corrected chi connectivity index (χ4v) is 4.27. The predicted octanol–water partition coefficient (Wildman–Crippen LogP) is 6.63. The lowest BCUT2D eigenvalue weighted by Gasteiger charge is -2.32. The van der Waals surface area contributed by atoms with Gasteiger partial charge in [-0.3, -0.25) is 0 Å². The van der Waals surface area contributed by atoms with Gasteiger partial charge in [-0.2, -0.15) is 0 Å². The maximum absolute atomic E-state index is 13.3. The lowest BCUT2D eigenvalue weighted by atomic mass is 10.0. The molecule has 0 amide bonds. The van der Waals surface area contributed by atoms with Gasteiger partial charge in [0, 0.05) is 6.42 Å². The van der Waals surface area contributed by atoms with E-state index in [4.69, 9.17) is 14.2 Å². The number of ether oxygens (including phenoxy) is 3. The maximum atomic E-state index is 13.3. The first-order valence-corrected chi connectivity index (χ1v) is 13.9. The van der Waals surface area contributed by atoms with Crippen molar-refractivity contribution in [2.45, 2.75) is 51.0 Å². The van der Waals surface area contributed by atoms with E-state index in [0.717, 1.165) is 50.2 Å². The Kier molecular flexibility index (Phi) is 12.2. The molecule has 7 heteroatoms. The highest BCUT2D eigenvalue weighted by molar-refractivity contribution is 5.91. The molecule has 0 bridgehead atoms. The molecule has 214 valence electrons. The average molecular weight is 551 g/mol. The molecular weight excluding hydrogens is 509 g/mol. The Bertz CT molecular complexity index is 1190. The number of esters is 2.